The Balaban J connectivity index is 2.76. The molecule has 0 amide bonds. The van der Waals surface area contributed by atoms with Gasteiger partial charge < -0.3 is 4.42 Å². The van der Waals surface area contributed by atoms with Crippen molar-refractivity contribution in [3.05, 3.63) is 18.4 Å². The van der Waals surface area contributed by atoms with Gasteiger partial charge in [-0.05, 0) is 12.1 Å². The fourth-order valence-corrected chi connectivity index (χ4v) is 0.529. The zero-order valence-electron chi connectivity index (χ0n) is 3.43. The first-order chi connectivity index (χ1) is 3.43. The molecule has 0 bridgehead atoms. The van der Waals surface area contributed by atoms with Crippen LogP contribution >= 0.6 is 12.1 Å². The van der Waals surface area contributed by atoms with Crippen molar-refractivity contribution < 1.29 is 8.30 Å². The van der Waals surface area contributed by atoms with Gasteiger partial charge in [0, 0.05) is 0 Å². The summed E-state index contributed by atoms with van der Waals surface area (Å²) in [6, 6.07) is 3.20. The molecule has 3 heteroatoms. The molecule has 0 saturated heterocycles. The highest BCUT2D eigenvalue weighted by atomic mass is 32.2. The van der Waals surface area contributed by atoms with Crippen molar-refractivity contribution in [1.82, 2.24) is 0 Å². The maximum absolute atomic E-state index is 11.4. The highest BCUT2D eigenvalue weighted by Crippen LogP contribution is 2.17. The van der Waals surface area contributed by atoms with E-state index < -0.39 is 0 Å². The molecule has 0 unspecified atom stereocenters. The van der Waals surface area contributed by atoms with Crippen molar-refractivity contribution >= 4 is 12.1 Å². The smallest absolute Gasteiger partial charge is 0.192 e. The van der Waals surface area contributed by atoms with Crippen LogP contribution in [0.2, 0.25) is 0 Å². The highest BCUT2D eigenvalue weighted by molar-refractivity contribution is 7.94. The van der Waals surface area contributed by atoms with E-state index in [1.165, 1.54) is 6.26 Å². The Morgan fingerprint density at radius 3 is 2.86 bits per heavy atom. The topological polar surface area (TPSA) is 13.1 Å². The third-order valence-electron chi connectivity index (χ3n) is 0.571. The molecule has 1 heterocycles. The van der Waals surface area contributed by atoms with Crippen molar-refractivity contribution in [2.45, 2.75) is 5.09 Å². The van der Waals surface area contributed by atoms with E-state index in [2.05, 4.69) is 4.42 Å². The molecule has 0 fully saturated rings. The Hall–Kier alpha value is -0.440. The summed E-state index contributed by atoms with van der Waals surface area (Å²) in [7, 11) is 0. The first-order valence-electron chi connectivity index (χ1n) is 1.75. The Bertz CT molecular complexity index is 126. The van der Waals surface area contributed by atoms with Gasteiger partial charge in [0.05, 0.1) is 6.26 Å². The van der Waals surface area contributed by atoms with E-state index in [0.717, 1.165) is 0 Å². The van der Waals surface area contributed by atoms with Gasteiger partial charge >= 0.3 is 0 Å². The van der Waals surface area contributed by atoms with Crippen LogP contribution in [0.25, 0.3) is 0 Å². The maximum atomic E-state index is 11.4. The maximum Gasteiger partial charge on any atom is 0.192 e. The molecule has 0 aromatic carbocycles. The van der Waals surface area contributed by atoms with Crippen LogP contribution in [0.15, 0.2) is 27.9 Å². The van der Waals surface area contributed by atoms with E-state index >= 15 is 0 Å². The number of furan rings is 1. The van der Waals surface area contributed by atoms with Crippen LogP contribution < -0.4 is 0 Å². The minimum atomic E-state index is 0.109. The van der Waals surface area contributed by atoms with Gasteiger partial charge in [-0.2, -0.15) is 3.89 Å². The molecule has 0 radical (unpaired) electrons. The molecule has 0 aliphatic heterocycles. The number of halogens is 1. The Kier molecular flexibility index (Phi) is 1.36. The minimum Gasteiger partial charge on any atom is -0.456 e. The molecule has 0 saturated carbocycles. The van der Waals surface area contributed by atoms with Crippen LogP contribution in [0.5, 0.6) is 0 Å². The molecule has 7 heavy (non-hydrogen) atoms. The standard InChI is InChI=1S/C4H3FOS/c5-7-4-2-1-3-6-4/h1-3H. The molecule has 1 aromatic heterocycles. The fourth-order valence-electron chi connectivity index (χ4n) is 0.307. The van der Waals surface area contributed by atoms with Gasteiger partial charge in [-0.1, -0.05) is 0 Å². The summed E-state index contributed by atoms with van der Waals surface area (Å²) in [4.78, 5) is 0. The second-order valence-corrected chi connectivity index (χ2v) is 1.57. The van der Waals surface area contributed by atoms with Crippen molar-refractivity contribution in [3.63, 3.8) is 0 Å². The number of hydrogen-bond donors (Lipinski definition) is 0. The minimum absolute atomic E-state index is 0.109. The van der Waals surface area contributed by atoms with Gasteiger partial charge in [-0.3, -0.25) is 0 Å². The quantitative estimate of drug-likeness (QED) is 0.561. The van der Waals surface area contributed by atoms with E-state index in [1.54, 1.807) is 12.1 Å². The van der Waals surface area contributed by atoms with Gasteiger partial charge in [0.1, 0.15) is 12.1 Å². The molecular formula is C4H3FOS. The Morgan fingerprint density at radius 1 is 1.71 bits per heavy atom. The first-order valence-corrected chi connectivity index (χ1v) is 2.47. The highest BCUT2D eigenvalue weighted by Gasteiger charge is 1.89. The summed E-state index contributed by atoms with van der Waals surface area (Å²) in [6.07, 6.45) is 1.43. The van der Waals surface area contributed by atoms with Crippen LogP contribution in [0.3, 0.4) is 0 Å². The average Bonchev–Trinajstić information content (AvgIpc) is 2.14. The van der Waals surface area contributed by atoms with E-state index in [0.29, 0.717) is 5.09 Å². The molecule has 1 rings (SSSR count). The lowest BCUT2D eigenvalue weighted by Crippen LogP contribution is -1.45. The second-order valence-electron chi connectivity index (χ2n) is 1.01. The number of hydrogen-bond acceptors (Lipinski definition) is 2. The van der Waals surface area contributed by atoms with Gasteiger partial charge in [0.2, 0.25) is 0 Å². The zero-order chi connectivity index (χ0) is 5.11. The van der Waals surface area contributed by atoms with Gasteiger partial charge in [0.25, 0.3) is 0 Å². The summed E-state index contributed by atoms with van der Waals surface area (Å²) in [5.74, 6) is 0. The Labute approximate surface area is 44.8 Å². The predicted molar refractivity (Wildman–Crippen MR) is 25.7 cm³/mol. The van der Waals surface area contributed by atoms with Crippen molar-refractivity contribution in [3.8, 4) is 0 Å². The van der Waals surface area contributed by atoms with Gasteiger partial charge in [0.15, 0.2) is 5.09 Å². The molecule has 1 nitrogen and oxygen atoms in total. The fraction of sp³-hybridized carbons (Fsp3) is 0. The van der Waals surface area contributed by atoms with Crippen molar-refractivity contribution in [1.29, 1.82) is 0 Å². The normalized spacial score (nSPS) is 9.29. The molecule has 38 valence electrons. The molecule has 0 spiro atoms. The van der Waals surface area contributed by atoms with E-state index in [1.807, 2.05) is 0 Å². The Morgan fingerprint density at radius 2 is 2.57 bits per heavy atom. The predicted octanol–water partition coefficient (Wildman–Crippen LogP) is 2.26. The zero-order valence-corrected chi connectivity index (χ0v) is 4.24. The lowest BCUT2D eigenvalue weighted by molar-refractivity contribution is 0.470. The van der Waals surface area contributed by atoms with Crippen LogP contribution in [0.4, 0.5) is 3.89 Å². The largest absolute Gasteiger partial charge is 0.456 e. The molecular weight excluding hydrogens is 115 g/mol. The lowest BCUT2D eigenvalue weighted by Gasteiger charge is -1.74. The van der Waals surface area contributed by atoms with Crippen LogP contribution in [0.1, 0.15) is 0 Å². The third kappa shape index (κ3) is 0.962. The monoisotopic (exact) mass is 118 g/mol. The molecule has 1 aromatic rings. The van der Waals surface area contributed by atoms with Gasteiger partial charge in [-0.25, -0.2) is 0 Å². The summed E-state index contributed by atoms with van der Waals surface area (Å²) in [6.45, 7) is 0. The van der Waals surface area contributed by atoms with Crippen molar-refractivity contribution in [2.24, 2.45) is 0 Å². The van der Waals surface area contributed by atoms with E-state index in [4.69, 9.17) is 0 Å². The summed E-state index contributed by atoms with van der Waals surface area (Å²) >= 11 is 0.109. The van der Waals surface area contributed by atoms with E-state index in [9.17, 15) is 3.89 Å². The summed E-state index contributed by atoms with van der Waals surface area (Å²) in [5.41, 5.74) is 0. The summed E-state index contributed by atoms with van der Waals surface area (Å²) in [5, 5.41) is 0.306. The number of rotatable bonds is 1. The van der Waals surface area contributed by atoms with Crippen LogP contribution in [0, 0.1) is 0 Å². The van der Waals surface area contributed by atoms with Crippen LogP contribution in [-0.4, -0.2) is 0 Å². The molecule has 0 atom stereocenters. The third-order valence-corrected chi connectivity index (χ3v) is 0.956. The van der Waals surface area contributed by atoms with Crippen molar-refractivity contribution in [2.75, 3.05) is 0 Å². The average molecular weight is 118 g/mol. The molecule has 0 aliphatic carbocycles. The molecule has 0 N–H and O–H groups in total. The van der Waals surface area contributed by atoms with E-state index in [-0.39, 0.29) is 12.1 Å². The summed E-state index contributed by atoms with van der Waals surface area (Å²) < 4.78 is 16.0. The first kappa shape index (κ1) is 4.71. The SMILES string of the molecule is FSc1ccco1. The molecule has 0 aliphatic rings. The van der Waals surface area contributed by atoms with Gasteiger partial charge in [-0.15, -0.1) is 0 Å². The lowest BCUT2D eigenvalue weighted by atomic mass is 10.7. The van der Waals surface area contributed by atoms with Crippen LogP contribution in [-0.2, 0) is 0 Å². The second kappa shape index (κ2) is 2.02.